The summed E-state index contributed by atoms with van der Waals surface area (Å²) in [5.41, 5.74) is 4.67. The van der Waals surface area contributed by atoms with Gasteiger partial charge in [-0.3, -0.25) is 14.8 Å². The molecule has 1 aliphatic heterocycles. The lowest BCUT2D eigenvalue weighted by Gasteiger charge is -2.16. The first-order valence-corrected chi connectivity index (χ1v) is 10.1. The van der Waals surface area contributed by atoms with Crippen LogP contribution >= 0.6 is 0 Å². The van der Waals surface area contributed by atoms with Gasteiger partial charge in [0.2, 0.25) is 5.91 Å². The van der Waals surface area contributed by atoms with Crippen LogP contribution in [0.3, 0.4) is 0 Å². The normalized spacial score (nSPS) is 13.8. The van der Waals surface area contributed by atoms with E-state index in [2.05, 4.69) is 25.8 Å². The molecule has 0 fully saturated rings. The summed E-state index contributed by atoms with van der Waals surface area (Å²) in [5.74, 6) is 0.904. The average molecular weight is 444 g/mol. The molecule has 3 aromatic rings. The van der Waals surface area contributed by atoms with Crippen molar-refractivity contribution in [2.24, 2.45) is 0 Å². The maximum absolute atomic E-state index is 12.7. The molecule has 1 aliphatic rings. The maximum atomic E-state index is 12.7. The second kappa shape index (κ2) is 8.62. The van der Waals surface area contributed by atoms with Crippen LogP contribution in [0.25, 0.3) is 11.4 Å². The molecule has 32 heavy (non-hydrogen) atoms. The molecule has 0 unspecified atom stereocenters. The number of anilines is 2. The molecule has 0 aliphatic carbocycles. The molecule has 3 N–H and O–H groups in total. The summed E-state index contributed by atoms with van der Waals surface area (Å²) in [5, 5.41) is 12.9. The molecular weight excluding hydrogens is 421 g/mol. The number of rotatable bonds is 6. The lowest BCUT2D eigenvalue weighted by atomic mass is 10.1. The number of H-pyrrole nitrogens is 1. The van der Waals surface area contributed by atoms with E-state index in [1.807, 2.05) is 25.1 Å². The van der Waals surface area contributed by atoms with Crippen LogP contribution in [0, 0.1) is 13.8 Å². The van der Waals surface area contributed by atoms with Gasteiger partial charge in [0.25, 0.3) is 0 Å². The summed E-state index contributed by atoms with van der Waals surface area (Å²) in [6, 6.07) is 11.0. The summed E-state index contributed by atoms with van der Waals surface area (Å²) in [7, 11) is 0. The molecule has 0 radical (unpaired) electrons. The van der Waals surface area contributed by atoms with Crippen LogP contribution in [0.1, 0.15) is 22.5 Å². The summed E-state index contributed by atoms with van der Waals surface area (Å²) in [6.45, 7) is 3.30. The minimum absolute atomic E-state index is 0.00541. The summed E-state index contributed by atoms with van der Waals surface area (Å²) in [6.07, 6.45) is -4.22. The number of nitrogens with zero attached hydrogens (tertiary/aromatic N) is 3. The van der Waals surface area contributed by atoms with Crippen LogP contribution in [0.15, 0.2) is 36.4 Å². The number of hydrogen-bond donors (Lipinski definition) is 3. The fraction of sp³-hybridized carbons (Fsp3) is 0.318. The Bertz CT molecular complexity index is 1140. The Morgan fingerprint density at radius 1 is 1.12 bits per heavy atom. The van der Waals surface area contributed by atoms with Crippen molar-refractivity contribution in [3.63, 3.8) is 0 Å². The first-order valence-electron chi connectivity index (χ1n) is 10.1. The third kappa shape index (κ3) is 5.25. The first kappa shape index (κ1) is 21.8. The molecule has 0 saturated heterocycles. The second-order valence-electron chi connectivity index (χ2n) is 7.94. The van der Waals surface area contributed by atoms with E-state index in [4.69, 9.17) is 0 Å². The van der Waals surface area contributed by atoms with Gasteiger partial charge in [0.1, 0.15) is 5.82 Å². The monoisotopic (exact) mass is 444 g/mol. The number of amides is 1. The number of alkyl halides is 3. The Kier molecular flexibility index (Phi) is 5.88. The Morgan fingerprint density at radius 3 is 2.62 bits per heavy atom. The number of halogens is 3. The van der Waals surface area contributed by atoms with Crippen molar-refractivity contribution >= 4 is 17.3 Å². The Labute approximate surface area is 183 Å². The highest BCUT2D eigenvalue weighted by Crippen LogP contribution is 2.29. The van der Waals surface area contributed by atoms with E-state index < -0.39 is 12.7 Å². The third-order valence-corrected chi connectivity index (χ3v) is 5.14. The quantitative estimate of drug-likeness (QED) is 0.535. The number of carbonyl (C=O) groups excluding carboxylic acids is 1. The van der Waals surface area contributed by atoms with Crippen LogP contribution in [0.2, 0.25) is 0 Å². The maximum Gasteiger partial charge on any atom is 0.401 e. The largest absolute Gasteiger partial charge is 0.401 e. The van der Waals surface area contributed by atoms with E-state index >= 15 is 0 Å². The minimum Gasteiger partial charge on any atom is -0.376 e. The number of benzene rings is 2. The van der Waals surface area contributed by atoms with Gasteiger partial charge in [-0.2, -0.15) is 18.3 Å². The Balaban J connectivity index is 1.39. The van der Waals surface area contributed by atoms with Gasteiger partial charge in [0, 0.05) is 24.3 Å². The van der Waals surface area contributed by atoms with Gasteiger partial charge in [0.05, 0.1) is 18.8 Å². The van der Waals surface area contributed by atoms with E-state index in [-0.39, 0.29) is 25.5 Å². The Morgan fingerprint density at radius 2 is 1.91 bits per heavy atom. The summed E-state index contributed by atoms with van der Waals surface area (Å²) >= 11 is 0. The van der Waals surface area contributed by atoms with Crippen molar-refractivity contribution in [3.8, 4) is 11.4 Å². The molecule has 0 atom stereocenters. The lowest BCUT2D eigenvalue weighted by molar-refractivity contribution is -0.147. The van der Waals surface area contributed by atoms with Gasteiger partial charge in [-0.1, -0.05) is 12.1 Å². The molecule has 1 aromatic heterocycles. The fourth-order valence-corrected chi connectivity index (χ4v) is 3.74. The van der Waals surface area contributed by atoms with E-state index in [1.165, 1.54) is 4.90 Å². The number of aromatic nitrogens is 3. The second-order valence-corrected chi connectivity index (χ2v) is 7.94. The van der Waals surface area contributed by atoms with Gasteiger partial charge >= 0.3 is 6.18 Å². The molecule has 0 spiro atoms. The molecule has 168 valence electrons. The van der Waals surface area contributed by atoms with Gasteiger partial charge in [-0.15, -0.1) is 0 Å². The summed E-state index contributed by atoms with van der Waals surface area (Å²) < 4.78 is 38.0. The number of nitrogens with one attached hydrogen (secondary N) is 3. The van der Waals surface area contributed by atoms with Crippen molar-refractivity contribution in [2.45, 2.75) is 33.1 Å². The highest BCUT2D eigenvalue weighted by atomic mass is 19.4. The van der Waals surface area contributed by atoms with Crippen LogP contribution in [-0.4, -0.2) is 45.3 Å². The topological polar surface area (TPSA) is 85.9 Å². The van der Waals surface area contributed by atoms with E-state index in [0.717, 1.165) is 16.7 Å². The van der Waals surface area contributed by atoms with Crippen LogP contribution in [0.5, 0.6) is 0 Å². The highest BCUT2D eigenvalue weighted by molar-refractivity contribution is 5.97. The van der Waals surface area contributed by atoms with Crippen molar-refractivity contribution in [1.29, 1.82) is 0 Å². The number of fused-ring (bicyclic) bond motifs is 1. The molecule has 2 aromatic carbocycles. The van der Waals surface area contributed by atoms with Gasteiger partial charge in [-0.05, 0) is 54.8 Å². The lowest BCUT2D eigenvalue weighted by Crippen LogP contribution is -2.29. The molecule has 1 amide bonds. The molecule has 0 bridgehead atoms. The van der Waals surface area contributed by atoms with Crippen molar-refractivity contribution in [3.05, 3.63) is 58.9 Å². The number of carbonyl (C=O) groups is 1. The molecule has 4 rings (SSSR count). The standard InChI is InChI=1S/C22H23F3N6O/c1-13-3-6-18(21-27-14(2)29-30-21)19(7-13)28-20(32)9-26-17-5-4-15-10-31(11-16(15)8-17)12-22(23,24)25/h3-8,26H,9-12H2,1-2H3,(H,28,32)(H,27,29,30). The smallest absolute Gasteiger partial charge is 0.376 e. The Hall–Kier alpha value is -3.40. The summed E-state index contributed by atoms with van der Waals surface area (Å²) in [4.78, 5) is 18.3. The predicted octanol–water partition coefficient (Wildman–Crippen LogP) is 4.02. The molecule has 7 nitrogen and oxygen atoms in total. The highest BCUT2D eigenvalue weighted by Gasteiger charge is 2.33. The van der Waals surface area contributed by atoms with E-state index in [1.54, 1.807) is 25.1 Å². The number of hydrogen-bond acceptors (Lipinski definition) is 5. The number of aryl methyl sites for hydroxylation is 2. The average Bonchev–Trinajstić information content (AvgIpc) is 3.30. The van der Waals surface area contributed by atoms with Crippen molar-refractivity contribution < 1.29 is 18.0 Å². The molecule has 10 heteroatoms. The van der Waals surface area contributed by atoms with E-state index in [9.17, 15) is 18.0 Å². The number of aromatic amines is 1. The van der Waals surface area contributed by atoms with Crippen molar-refractivity contribution in [1.82, 2.24) is 20.1 Å². The minimum atomic E-state index is -4.22. The van der Waals surface area contributed by atoms with Gasteiger partial charge in [-0.25, -0.2) is 4.98 Å². The molecular formula is C22H23F3N6O. The zero-order chi connectivity index (χ0) is 22.9. The zero-order valence-electron chi connectivity index (χ0n) is 17.7. The van der Waals surface area contributed by atoms with E-state index in [0.29, 0.717) is 28.6 Å². The SMILES string of the molecule is Cc1ccc(-c2n[nH]c(C)n2)c(NC(=O)CNc2ccc3c(c2)CN(CC(F)(F)F)C3)c1. The van der Waals surface area contributed by atoms with Crippen molar-refractivity contribution in [2.75, 3.05) is 23.7 Å². The predicted molar refractivity (Wildman–Crippen MR) is 115 cm³/mol. The molecule has 2 heterocycles. The first-order chi connectivity index (χ1) is 15.2. The zero-order valence-corrected chi connectivity index (χ0v) is 17.7. The van der Waals surface area contributed by atoms with Crippen LogP contribution in [0.4, 0.5) is 24.5 Å². The van der Waals surface area contributed by atoms with Gasteiger partial charge in [0.15, 0.2) is 5.82 Å². The molecule has 0 saturated carbocycles. The fourth-order valence-electron chi connectivity index (χ4n) is 3.74. The van der Waals surface area contributed by atoms with Crippen LogP contribution in [-0.2, 0) is 17.9 Å². The van der Waals surface area contributed by atoms with Gasteiger partial charge < -0.3 is 10.6 Å². The third-order valence-electron chi connectivity index (χ3n) is 5.14. The van der Waals surface area contributed by atoms with Crippen LogP contribution < -0.4 is 10.6 Å².